The first-order chi connectivity index (χ1) is 11.0. The Kier molecular flexibility index (Phi) is 4.22. The fraction of sp³-hybridized carbons (Fsp3) is 0.938. The van der Waals surface area contributed by atoms with Crippen molar-refractivity contribution in [1.29, 1.82) is 0 Å². The smallest absolute Gasteiger partial charge is 0.313 e. The average Bonchev–Trinajstić information content (AvgIpc) is 3.09. The van der Waals surface area contributed by atoms with Crippen molar-refractivity contribution < 1.29 is 38.3 Å². The fourth-order valence-corrected chi connectivity index (χ4v) is 3.56. The second kappa shape index (κ2) is 5.62. The van der Waals surface area contributed by atoms with E-state index >= 15 is 0 Å². The van der Waals surface area contributed by atoms with Crippen LogP contribution in [-0.4, -0.2) is 66.6 Å². The fourth-order valence-electron chi connectivity index (χ4n) is 3.56. The van der Waals surface area contributed by atoms with Gasteiger partial charge < -0.3 is 33.5 Å². The standard InChI is InChI=1S/C16H26O8/c1-8(13(17)19-6)16(18)12-11(22-15(4,5)24-12)10(23-16)9-7-20-14(2,3)21-9/h8-12,18H,7H2,1-6H3/t8-,9?,10?,11?,12+,16-/m1/s1. The van der Waals surface area contributed by atoms with Crippen molar-refractivity contribution in [3.8, 4) is 0 Å². The summed E-state index contributed by atoms with van der Waals surface area (Å²) in [5.41, 5.74) is 0. The highest BCUT2D eigenvalue weighted by Gasteiger charge is 2.67. The molecule has 138 valence electrons. The van der Waals surface area contributed by atoms with Crippen molar-refractivity contribution in [3.05, 3.63) is 0 Å². The summed E-state index contributed by atoms with van der Waals surface area (Å²) in [6, 6.07) is 0. The minimum Gasteiger partial charge on any atom is -0.469 e. The van der Waals surface area contributed by atoms with Crippen molar-refractivity contribution in [2.45, 2.75) is 76.4 Å². The molecule has 3 unspecified atom stereocenters. The third-order valence-corrected chi connectivity index (χ3v) is 4.76. The molecule has 24 heavy (non-hydrogen) atoms. The summed E-state index contributed by atoms with van der Waals surface area (Å²) < 4.78 is 33.8. The number of aliphatic hydroxyl groups is 1. The highest BCUT2D eigenvalue weighted by Crippen LogP contribution is 2.48. The Morgan fingerprint density at radius 1 is 1.08 bits per heavy atom. The molecular weight excluding hydrogens is 320 g/mol. The van der Waals surface area contributed by atoms with Gasteiger partial charge in [-0.2, -0.15) is 0 Å². The molecular formula is C16H26O8. The van der Waals surface area contributed by atoms with E-state index in [9.17, 15) is 9.90 Å². The summed E-state index contributed by atoms with van der Waals surface area (Å²) in [7, 11) is 1.26. The molecule has 8 nitrogen and oxygen atoms in total. The van der Waals surface area contributed by atoms with Gasteiger partial charge in [-0.05, 0) is 34.6 Å². The van der Waals surface area contributed by atoms with Crippen LogP contribution in [0.15, 0.2) is 0 Å². The maximum absolute atomic E-state index is 12.0. The molecule has 0 aromatic heterocycles. The number of carbonyl (C=O) groups is 1. The highest BCUT2D eigenvalue weighted by molar-refractivity contribution is 5.73. The lowest BCUT2D eigenvalue weighted by molar-refractivity contribution is -0.300. The third-order valence-electron chi connectivity index (χ3n) is 4.76. The Morgan fingerprint density at radius 3 is 2.29 bits per heavy atom. The van der Waals surface area contributed by atoms with Crippen molar-refractivity contribution in [3.63, 3.8) is 0 Å². The summed E-state index contributed by atoms with van der Waals surface area (Å²) in [6.07, 6.45) is -2.49. The van der Waals surface area contributed by atoms with Gasteiger partial charge in [0.25, 0.3) is 0 Å². The quantitative estimate of drug-likeness (QED) is 0.741. The van der Waals surface area contributed by atoms with Crippen LogP contribution in [0.1, 0.15) is 34.6 Å². The van der Waals surface area contributed by atoms with Gasteiger partial charge in [0, 0.05) is 0 Å². The molecule has 3 aliphatic rings. The van der Waals surface area contributed by atoms with Gasteiger partial charge in [-0.1, -0.05) is 0 Å². The van der Waals surface area contributed by atoms with E-state index in [1.54, 1.807) is 27.7 Å². The molecule has 3 rings (SSSR count). The SMILES string of the molecule is COC(=O)[C@@H](C)[C@@]1(O)OC(C2COC(C)(C)O2)C2OC(C)(C)O[C@@H]21. The molecule has 0 amide bonds. The van der Waals surface area contributed by atoms with Crippen LogP contribution in [0.25, 0.3) is 0 Å². The first kappa shape index (κ1) is 18.0. The minimum absolute atomic E-state index is 0.299. The van der Waals surface area contributed by atoms with Crippen LogP contribution >= 0.6 is 0 Å². The van der Waals surface area contributed by atoms with E-state index in [1.165, 1.54) is 14.0 Å². The number of rotatable bonds is 3. The van der Waals surface area contributed by atoms with Crippen LogP contribution in [0.4, 0.5) is 0 Å². The Balaban J connectivity index is 1.89. The van der Waals surface area contributed by atoms with E-state index in [0.29, 0.717) is 6.61 Å². The first-order valence-electron chi connectivity index (χ1n) is 8.14. The first-order valence-corrected chi connectivity index (χ1v) is 8.14. The molecule has 0 aromatic carbocycles. The van der Waals surface area contributed by atoms with Gasteiger partial charge in [0.2, 0.25) is 5.79 Å². The van der Waals surface area contributed by atoms with Crippen molar-refractivity contribution in [1.82, 2.24) is 0 Å². The van der Waals surface area contributed by atoms with Gasteiger partial charge in [-0.3, -0.25) is 4.79 Å². The number of ether oxygens (including phenoxy) is 6. The van der Waals surface area contributed by atoms with Crippen molar-refractivity contribution >= 4 is 5.97 Å². The molecule has 3 fully saturated rings. The molecule has 0 spiro atoms. The number of fused-ring (bicyclic) bond motifs is 1. The van der Waals surface area contributed by atoms with Gasteiger partial charge in [0.05, 0.1) is 13.7 Å². The van der Waals surface area contributed by atoms with E-state index in [4.69, 9.17) is 28.4 Å². The largest absolute Gasteiger partial charge is 0.469 e. The second-order valence-electron chi connectivity index (χ2n) is 7.47. The zero-order valence-electron chi connectivity index (χ0n) is 14.9. The summed E-state index contributed by atoms with van der Waals surface area (Å²) in [6.45, 7) is 8.95. The predicted octanol–water partition coefficient (Wildman–Crippen LogP) is 0.554. The lowest BCUT2D eigenvalue weighted by Crippen LogP contribution is -2.51. The number of hydrogen-bond donors (Lipinski definition) is 1. The molecule has 3 saturated heterocycles. The average molecular weight is 346 g/mol. The predicted molar refractivity (Wildman–Crippen MR) is 79.7 cm³/mol. The van der Waals surface area contributed by atoms with Crippen LogP contribution in [0, 0.1) is 5.92 Å². The number of carbonyl (C=O) groups excluding carboxylic acids is 1. The molecule has 0 aliphatic carbocycles. The molecule has 3 heterocycles. The summed E-state index contributed by atoms with van der Waals surface area (Å²) in [4.78, 5) is 12.0. The molecule has 3 aliphatic heterocycles. The monoisotopic (exact) mass is 346 g/mol. The van der Waals surface area contributed by atoms with Crippen molar-refractivity contribution in [2.75, 3.05) is 13.7 Å². The van der Waals surface area contributed by atoms with E-state index < -0.39 is 53.7 Å². The van der Waals surface area contributed by atoms with E-state index in [0.717, 1.165) is 0 Å². The van der Waals surface area contributed by atoms with Crippen molar-refractivity contribution in [2.24, 2.45) is 5.92 Å². The van der Waals surface area contributed by atoms with Crippen LogP contribution in [0.2, 0.25) is 0 Å². The maximum atomic E-state index is 12.0. The Bertz CT molecular complexity index is 518. The van der Waals surface area contributed by atoms with E-state index in [-0.39, 0.29) is 0 Å². The van der Waals surface area contributed by atoms with Gasteiger partial charge in [-0.15, -0.1) is 0 Å². The zero-order chi connectivity index (χ0) is 17.9. The third kappa shape index (κ3) is 2.85. The van der Waals surface area contributed by atoms with Gasteiger partial charge in [-0.25, -0.2) is 0 Å². The molecule has 8 heteroatoms. The second-order valence-corrected chi connectivity index (χ2v) is 7.47. The zero-order valence-corrected chi connectivity index (χ0v) is 14.9. The Morgan fingerprint density at radius 2 is 1.75 bits per heavy atom. The Hall–Kier alpha value is -0.770. The van der Waals surface area contributed by atoms with Gasteiger partial charge in [0.15, 0.2) is 11.6 Å². The maximum Gasteiger partial charge on any atom is 0.313 e. The highest BCUT2D eigenvalue weighted by atomic mass is 16.8. The lowest BCUT2D eigenvalue weighted by Gasteiger charge is -2.34. The van der Waals surface area contributed by atoms with E-state index in [2.05, 4.69) is 0 Å². The molecule has 0 saturated carbocycles. The topological polar surface area (TPSA) is 92.7 Å². The van der Waals surface area contributed by atoms with Gasteiger partial charge >= 0.3 is 5.97 Å². The Labute approximate surface area is 141 Å². The summed E-state index contributed by atoms with van der Waals surface area (Å²) in [5.74, 6) is -5.06. The number of methoxy groups -OCH3 is 1. The molecule has 6 atom stereocenters. The van der Waals surface area contributed by atoms with Crippen LogP contribution in [-0.2, 0) is 33.2 Å². The van der Waals surface area contributed by atoms with E-state index in [1.807, 2.05) is 0 Å². The molecule has 1 N–H and O–H groups in total. The molecule has 0 radical (unpaired) electrons. The molecule has 0 bridgehead atoms. The van der Waals surface area contributed by atoms with Crippen LogP contribution in [0.5, 0.6) is 0 Å². The van der Waals surface area contributed by atoms with Crippen LogP contribution in [0.3, 0.4) is 0 Å². The normalized spacial score (nSPS) is 44.3. The summed E-state index contributed by atoms with van der Waals surface area (Å²) in [5, 5.41) is 11.1. The van der Waals surface area contributed by atoms with Gasteiger partial charge in [0.1, 0.15) is 30.3 Å². The molecule has 0 aromatic rings. The summed E-state index contributed by atoms with van der Waals surface area (Å²) >= 11 is 0. The number of hydrogen-bond acceptors (Lipinski definition) is 8. The number of esters is 1. The lowest BCUT2D eigenvalue weighted by atomic mass is 9.93. The minimum atomic E-state index is -1.87. The van der Waals surface area contributed by atoms with Crippen LogP contribution < -0.4 is 0 Å².